The normalized spacial score (nSPS) is 15.1. The first-order chi connectivity index (χ1) is 13.8. The van der Waals surface area contributed by atoms with Crippen LogP contribution in [0.1, 0.15) is 5.69 Å². The summed E-state index contributed by atoms with van der Waals surface area (Å²) in [5.74, 6) is 0. The number of fused-ring (bicyclic) bond motifs is 1. The number of morpholine rings is 1. The van der Waals surface area contributed by atoms with Gasteiger partial charge in [-0.05, 0) is 36.4 Å². The van der Waals surface area contributed by atoms with Gasteiger partial charge in [0.25, 0.3) is 0 Å². The maximum absolute atomic E-state index is 12.1. The predicted octanol–water partition coefficient (Wildman–Crippen LogP) is 2.95. The van der Waals surface area contributed by atoms with Gasteiger partial charge in [-0.2, -0.15) is 5.10 Å². The molecule has 0 radical (unpaired) electrons. The highest BCUT2D eigenvalue weighted by Crippen LogP contribution is 2.21. The Morgan fingerprint density at radius 1 is 1.21 bits per heavy atom. The second-order valence-corrected chi connectivity index (χ2v) is 6.51. The average Bonchev–Trinajstić information content (AvgIpc) is 3.12. The molecule has 1 aromatic carbocycles. The highest BCUT2D eigenvalue weighted by molar-refractivity contribution is 6.01. The maximum Gasteiger partial charge on any atom is 0.323 e. The van der Waals surface area contributed by atoms with Crippen LogP contribution >= 0.6 is 0 Å². The van der Waals surface area contributed by atoms with E-state index in [1.807, 2.05) is 24.3 Å². The number of nitrogens with one attached hydrogen (secondary N) is 3. The molecule has 8 heteroatoms. The van der Waals surface area contributed by atoms with Crippen LogP contribution in [0.3, 0.4) is 0 Å². The molecule has 1 aliphatic heterocycles. The lowest BCUT2D eigenvalue weighted by atomic mass is 10.2. The predicted molar refractivity (Wildman–Crippen MR) is 109 cm³/mol. The molecule has 0 aliphatic carbocycles. The lowest BCUT2D eigenvalue weighted by molar-refractivity contribution is 0.0435. The lowest BCUT2D eigenvalue weighted by Crippen LogP contribution is -2.36. The number of aromatic amines is 1. The number of hydrogen-bond acceptors (Lipinski definition) is 5. The minimum absolute atomic E-state index is 0.322. The topological polar surface area (TPSA) is 95.2 Å². The minimum atomic E-state index is -0.322. The molecule has 2 aromatic heterocycles. The van der Waals surface area contributed by atoms with Crippen molar-refractivity contribution in [3.8, 4) is 0 Å². The van der Waals surface area contributed by atoms with Crippen molar-refractivity contribution in [2.24, 2.45) is 0 Å². The summed E-state index contributed by atoms with van der Waals surface area (Å²) in [6.45, 7) is 4.39. The van der Waals surface area contributed by atoms with E-state index < -0.39 is 0 Å². The molecule has 1 fully saturated rings. The fraction of sp³-hybridized carbons (Fsp3) is 0.250. The smallest absolute Gasteiger partial charge is 0.323 e. The number of benzene rings is 1. The van der Waals surface area contributed by atoms with Crippen LogP contribution in [0.15, 0.2) is 48.8 Å². The van der Waals surface area contributed by atoms with Gasteiger partial charge in [-0.3, -0.25) is 15.0 Å². The van der Waals surface area contributed by atoms with Crippen molar-refractivity contribution in [3.63, 3.8) is 0 Å². The largest absolute Gasteiger partial charge is 0.379 e. The van der Waals surface area contributed by atoms with Crippen LogP contribution in [0.2, 0.25) is 0 Å². The molecule has 0 saturated carbocycles. The van der Waals surface area contributed by atoms with E-state index in [2.05, 4.69) is 36.8 Å². The van der Waals surface area contributed by atoms with E-state index in [1.165, 1.54) is 0 Å². The lowest BCUT2D eigenvalue weighted by Gasteiger charge is -2.25. The third-order valence-corrected chi connectivity index (χ3v) is 4.51. The SMILES string of the molecule is O=C(Nc1cccnc1)Nc1ccc2c(/C=C/CN3CCOCC3)n[nH]c2c1. The summed E-state index contributed by atoms with van der Waals surface area (Å²) in [4.78, 5) is 18.4. The first kappa shape index (κ1) is 18.1. The second-order valence-electron chi connectivity index (χ2n) is 6.51. The van der Waals surface area contributed by atoms with Gasteiger partial charge in [0, 0.05) is 36.9 Å². The molecule has 8 nitrogen and oxygen atoms in total. The van der Waals surface area contributed by atoms with Gasteiger partial charge >= 0.3 is 6.03 Å². The average molecular weight is 378 g/mol. The number of rotatable bonds is 5. The van der Waals surface area contributed by atoms with Gasteiger partial charge in [-0.25, -0.2) is 4.79 Å². The standard InChI is InChI=1S/C20H22N6O2/c27-20(23-16-3-1-7-21-14-16)22-15-5-6-17-18(24-25-19(17)13-15)4-2-8-26-9-11-28-12-10-26/h1-7,13-14H,8-12H2,(H,24,25)(H2,22,23,27)/b4-2+. The van der Waals surface area contributed by atoms with E-state index in [4.69, 9.17) is 4.74 Å². The Hall–Kier alpha value is -3.23. The molecule has 0 unspecified atom stereocenters. The molecule has 3 heterocycles. The highest BCUT2D eigenvalue weighted by Gasteiger charge is 2.09. The number of pyridine rings is 1. The third-order valence-electron chi connectivity index (χ3n) is 4.51. The van der Waals surface area contributed by atoms with Crippen molar-refractivity contribution in [2.45, 2.75) is 0 Å². The Labute approximate surface area is 162 Å². The number of aromatic nitrogens is 3. The molecule has 0 spiro atoms. The molecule has 2 amide bonds. The van der Waals surface area contributed by atoms with E-state index in [0.29, 0.717) is 11.4 Å². The molecular weight excluding hydrogens is 356 g/mol. The van der Waals surface area contributed by atoms with Gasteiger partial charge in [0.2, 0.25) is 0 Å². The molecule has 0 bridgehead atoms. The maximum atomic E-state index is 12.1. The van der Waals surface area contributed by atoms with E-state index in [1.54, 1.807) is 24.5 Å². The Kier molecular flexibility index (Phi) is 5.60. The first-order valence-electron chi connectivity index (χ1n) is 9.21. The number of carbonyl (C=O) groups is 1. The summed E-state index contributed by atoms with van der Waals surface area (Å²) < 4.78 is 5.36. The number of anilines is 2. The van der Waals surface area contributed by atoms with Crippen LogP contribution in [-0.4, -0.2) is 59.0 Å². The Balaban J connectivity index is 1.39. The molecule has 3 aromatic rings. The fourth-order valence-electron chi connectivity index (χ4n) is 3.07. The van der Waals surface area contributed by atoms with Crippen LogP contribution in [0.4, 0.5) is 16.2 Å². The van der Waals surface area contributed by atoms with E-state index in [9.17, 15) is 4.79 Å². The van der Waals surface area contributed by atoms with Crippen molar-refractivity contribution in [2.75, 3.05) is 43.5 Å². The molecule has 0 atom stereocenters. The number of amides is 2. The zero-order chi connectivity index (χ0) is 19.2. The molecule has 3 N–H and O–H groups in total. The number of nitrogens with zero attached hydrogens (tertiary/aromatic N) is 3. The van der Waals surface area contributed by atoms with Gasteiger partial charge in [-0.1, -0.05) is 6.08 Å². The van der Waals surface area contributed by atoms with Crippen molar-refractivity contribution in [3.05, 3.63) is 54.5 Å². The van der Waals surface area contributed by atoms with Crippen molar-refractivity contribution in [1.29, 1.82) is 0 Å². The van der Waals surface area contributed by atoms with Gasteiger partial charge in [-0.15, -0.1) is 0 Å². The van der Waals surface area contributed by atoms with Crippen molar-refractivity contribution < 1.29 is 9.53 Å². The van der Waals surface area contributed by atoms with Crippen LogP contribution in [0, 0.1) is 0 Å². The molecule has 1 saturated heterocycles. The number of carbonyl (C=O) groups excluding carboxylic acids is 1. The summed E-state index contributed by atoms with van der Waals surface area (Å²) in [5.41, 5.74) is 3.07. The van der Waals surface area contributed by atoms with Crippen LogP contribution in [-0.2, 0) is 4.74 Å². The second kappa shape index (κ2) is 8.64. The number of ether oxygens (including phenoxy) is 1. The Morgan fingerprint density at radius 3 is 2.89 bits per heavy atom. The zero-order valence-corrected chi connectivity index (χ0v) is 15.4. The molecule has 4 rings (SSSR count). The van der Waals surface area contributed by atoms with E-state index >= 15 is 0 Å². The number of urea groups is 1. The van der Waals surface area contributed by atoms with Crippen molar-refractivity contribution >= 4 is 34.4 Å². The molecular formula is C20H22N6O2. The van der Waals surface area contributed by atoms with Gasteiger partial charge in [0.1, 0.15) is 0 Å². The first-order valence-corrected chi connectivity index (χ1v) is 9.21. The third kappa shape index (κ3) is 4.54. The molecule has 144 valence electrons. The van der Waals surface area contributed by atoms with Gasteiger partial charge in [0.15, 0.2) is 0 Å². The quantitative estimate of drug-likeness (QED) is 0.634. The number of H-pyrrole nitrogens is 1. The zero-order valence-electron chi connectivity index (χ0n) is 15.4. The van der Waals surface area contributed by atoms with Crippen molar-refractivity contribution in [1.82, 2.24) is 20.1 Å². The molecule has 1 aliphatic rings. The highest BCUT2D eigenvalue weighted by atomic mass is 16.5. The fourth-order valence-corrected chi connectivity index (χ4v) is 3.07. The Bertz CT molecular complexity index is 963. The number of hydrogen-bond donors (Lipinski definition) is 3. The Morgan fingerprint density at radius 2 is 2.07 bits per heavy atom. The monoisotopic (exact) mass is 378 g/mol. The summed E-state index contributed by atoms with van der Waals surface area (Å²) in [6.07, 6.45) is 7.39. The van der Waals surface area contributed by atoms with Crippen LogP contribution in [0.5, 0.6) is 0 Å². The van der Waals surface area contributed by atoms with E-state index in [0.717, 1.165) is 49.4 Å². The summed E-state index contributed by atoms with van der Waals surface area (Å²) in [5, 5.41) is 14.0. The summed E-state index contributed by atoms with van der Waals surface area (Å²) >= 11 is 0. The van der Waals surface area contributed by atoms with Gasteiger partial charge < -0.3 is 15.4 Å². The summed E-state index contributed by atoms with van der Waals surface area (Å²) in [6, 6.07) is 8.90. The molecule has 28 heavy (non-hydrogen) atoms. The van der Waals surface area contributed by atoms with Gasteiger partial charge in [0.05, 0.1) is 36.3 Å². The van der Waals surface area contributed by atoms with E-state index in [-0.39, 0.29) is 6.03 Å². The summed E-state index contributed by atoms with van der Waals surface area (Å²) in [7, 11) is 0. The minimum Gasteiger partial charge on any atom is -0.379 e. The van der Waals surface area contributed by atoms with Crippen LogP contribution < -0.4 is 10.6 Å². The van der Waals surface area contributed by atoms with Crippen LogP contribution in [0.25, 0.3) is 17.0 Å².